The minimum absolute atomic E-state index is 0.289. The van der Waals surface area contributed by atoms with E-state index in [0.29, 0.717) is 59.2 Å². The molecule has 0 radical (unpaired) electrons. The highest BCUT2D eigenvalue weighted by Gasteiger charge is 2.33. The van der Waals surface area contributed by atoms with Crippen LogP contribution in [-0.4, -0.2) is 68.4 Å². The lowest BCUT2D eigenvalue weighted by Gasteiger charge is -2.22. The Kier molecular flexibility index (Phi) is 9.47. The van der Waals surface area contributed by atoms with Gasteiger partial charge in [-0.1, -0.05) is 24.4 Å². The van der Waals surface area contributed by atoms with E-state index < -0.39 is 24.1 Å². The van der Waals surface area contributed by atoms with Gasteiger partial charge in [0, 0.05) is 45.2 Å². The van der Waals surface area contributed by atoms with Crippen LogP contribution in [0.2, 0.25) is 5.02 Å². The molecule has 2 aliphatic rings. The zero-order valence-corrected chi connectivity index (χ0v) is 26.6. The number of nitrogens with zero attached hydrogens (tertiary/aromatic N) is 5. The summed E-state index contributed by atoms with van der Waals surface area (Å²) in [4.78, 5) is 46.8. The first-order valence-electron chi connectivity index (χ1n) is 15.3. The van der Waals surface area contributed by atoms with E-state index >= 15 is 0 Å². The Bertz CT molecular complexity index is 1800. The molecule has 15 heteroatoms. The van der Waals surface area contributed by atoms with Crippen molar-refractivity contribution in [2.45, 2.75) is 56.5 Å². The van der Waals surface area contributed by atoms with Crippen LogP contribution in [-0.2, 0) is 19.1 Å². The summed E-state index contributed by atoms with van der Waals surface area (Å²) >= 11 is 6.25. The molecular formula is C32H34ClN9O5. The van der Waals surface area contributed by atoms with E-state index in [0.717, 1.165) is 29.8 Å². The van der Waals surface area contributed by atoms with Gasteiger partial charge < -0.3 is 25.1 Å². The molecule has 1 fully saturated rings. The first-order valence-corrected chi connectivity index (χ1v) is 15.7. The van der Waals surface area contributed by atoms with Gasteiger partial charge in [-0.15, -0.1) is 5.10 Å². The maximum Gasteiger partial charge on any atom is 0.411 e. The number of hydrogen-bond donors (Lipinski definition) is 4. The molecule has 2 atom stereocenters. The number of aromatic nitrogens is 6. The number of ether oxygens (including phenoxy) is 2. The molecule has 14 nitrogen and oxygen atoms in total. The summed E-state index contributed by atoms with van der Waals surface area (Å²) in [5.41, 5.74) is 4.86. The molecule has 2 aromatic carbocycles. The average Bonchev–Trinajstić information content (AvgIpc) is 3.57. The Morgan fingerprint density at radius 3 is 2.62 bits per heavy atom. The molecule has 4 N–H and O–H groups in total. The quantitative estimate of drug-likeness (QED) is 0.153. The molecule has 2 aromatic heterocycles. The summed E-state index contributed by atoms with van der Waals surface area (Å²) in [6.07, 6.45) is 8.43. The second kappa shape index (κ2) is 14.0. The van der Waals surface area contributed by atoms with Gasteiger partial charge in [-0.25, -0.2) is 14.6 Å². The molecule has 0 unspecified atom stereocenters. The monoisotopic (exact) mass is 659 g/mol. The number of methoxy groups -OCH3 is 2. The summed E-state index contributed by atoms with van der Waals surface area (Å²) < 4.78 is 11.4. The Morgan fingerprint density at radius 1 is 1.04 bits per heavy atom. The molecule has 2 bridgehead atoms. The van der Waals surface area contributed by atoms with Gasteiger partial charge in [0.25, 0.3) is 0 Å². The number of carbonyl (C=O) groups is 3. The summed E-state index contributed by atoms with van der Waals surface area (Å²) in [5.74, 6) is 0.219. The number of hydrogen-bond acceptors (Lipinski definition) is 10. The number of anilines is 2. The lowest BCUT2D eigenvalue weighted by Crippen LogP contribution is -2.31. The summed E-state index contributed by atoms with van der Waals surface area (Å²) in [7, 11) is 2.65. The number of carbonyl (C=O) groups excluding carboxylic acids is 3. The Labute approximate surface area is 275 Å². The Morgan fingerprint density at radius 2 is 1.87 bits per heavy atom. The molecule has 6 rings (SSSR count). The largest absolute Gasteiger partial charge is 0.467 e. The molecule has 1 saturated carbocycles. The summed E-state index contributed by atoms with van der Waals surface area (Å²) in [6, 6.07) is 9.52. The van der Waals surface area contributed by atoms with Gasteiger partial charge in [-0.2, -0.15) is 4.68 Å². The molecule has 0 spiro atoms. The van der Waals surface area contributed by atoms with E-state index in [1.54, 1.807) is 36.4 Å². The first kappa shape index (κ1) is 31.7. The predicted molar refractivity (Wildman–Crippen MR) is 174 cm³/mol. The second-order valence-corrected chi connectivity index (χ2v) is 11.8. The van der Waals surface area contributed by atoms with Crippen molar-refractivity contribution in [2.75, 3.05) is 24.9 Å². The van der Waals surface area contributed by atoms with Crippen LogP contribution in [0, 0.1) is 0 Å². The fourth-order valence-corrected chi connectivity index (χ4v) is 5.82. The van der Waals surface area contributed by atoms with Crippen molar-refractivity contribution in [1.29, 1.82) is 0 Å². The van der Waals surface area contributed by atoms with Crippen molar-refractivity contribution in [2.24, 2.45) is 0 Å². The van der Waals surface area contributed by atoms with Crippen molar-refractivity contribution >= 4 is 47.0 Å². The fraction of sp³-hybridized carbons (Fsp3) is 0.344. The predicted octanol–water partition coefficient (Wildman–Crippen LogP) is 5.16. The number of tetrazole rings is 1. The minimum Gasteiger partial charge on any atom is -0.467 e. The molecule has 244 valence electrons. The van der Waals surface area contributed by atoms with E-state index in [2.05, 4.69) is 36.5 Å². The smallest absolute Gasteiger partial charge is 0.411 e. The molecule has 1 aliphatic carbocycles. The van der Waals surface area contributed by atoms with Crippen LogP contribution in [0.5, 0.6) is 0 Å². The van der Waals surface area contributed by atoms with Crippen molar-refractivity contribution in [3.05, 3.63) is 70.9 Å². The van der Waals surface area contributed by atoms with Crippen LogP contribution in [0.4, 0.5) is 16.2 Å². The van der Waals surface area contributed by atoms with E-state index in [-0.39, 0.29) is 11.8 Å². The molecule has 47 heavy (non-hydrogen) atoms. The van der Waals surface area contributed by atoms with E-state index in [1.165, 1.54) is 31.3 Å². The normalized spacial score (nSPS) is 17.9. The number of rotatable bonds is 7. The van der Waals surface area contributed by atoms with Crippen LogP contribution in [0.1, 0.15) is 67.6 Å². The van der Waals surface area contributed by atoms with E-state index in [9.17, 15) is 14.4 Å². The van der Waals surface area contributed by atoms with Gasteiger partial charge in [0.05, 0.1) is 31.6 Å². The van der Waals surface area contributed by atoms with Crippen molar-refractivity contribution in [1.82, 2.24) is 35.5 Å². The van der Waals surface area contributed by atoms with Gasteiger partial charge in [-0.05, 0) is 78.6 Å². The number of amides is 2. The molecular weight excluding hydrogens is 626 g/mol. The van der Waals surface area contributed by atoms with E-state index in [4.69, 9.17) is 26.1 Å². The number of fused-ring (bicyclic) bond motifs is 4. The van der Waals surface area contributed by atoms with Crippen LogP contribution >= 0.6 is 11.6 Å². The van der Waals surface area contributed by atoms with Gasteiger partial charge in [-0.3, -0.25) is 10.1 Å². The van der Waals surface area contributed by atoms with Crippen molar-refractivity contribution in [3.8, 4) is 16.9 Å². The lowest BCUT2D eigenvalue weighted by molar-refractivity contribution is -0.141. The number of H-pyrrole nitrogens is 1. The zero-order valence-electron chi connectivity index (χ0n) is 25.8. The van der Waals surface area contributed by atoms with E-state index in [1.807, 2.05) is 6.07 Å². The Balaban J connectivity index is 1.33. The third-order valence-corrected chi connectivity index (χ3v) is 8.37. The van der Waals surface area contributed by atoms with Crippen LogP contribution in [0.15, 0.2) is 48.8 Å². The van der Waals surface area contributed by atoms with Gasteiger partial charge in [0.2, 0.25) is 5.91 Å². The number of halogens is 1. The topological polar surface area (TPSA) is 178 Å². The number of imidazole rings is 1. The maximum atomic E-state index is 13.4. The molecule has 0 saturated heterocycles. The summed E-state index contributed by atoms with van der Waals surface area (Å²) in [5, 5.41) is 21.0. The highest BCUT2D eigenvalue weighted by atomic mass is 35.5. The standard InChI is InChI=1S/C32H34ClN9O5/c1-46-31(44)24-6-4-3-5-23(37-27(43)14-9-19-15-20(33)10-13-26(19)42-17-34-40-41-42)30-38-28(18-7-8-18)29(39-30)22-12-11-21(16-25(22)36-24)35-32(45)47-2/h9-18,23-24,36H,3-8H2,1-2H3,(H,35,45)(H,37,43)(H,38,39)/t23-,24+/m0/s1. The second-order valence-electron chi connectivity index (χ2n) is 11.4. The number of esters is 1. The van der Waals surface area contributed by atoms with Crippen molar-refractivity contribution < 1.29 is 23.9 Å². The SMILES string of the molecule is COC(=O)Nc1ccc2c(c1)N[C@@H](C(=O)OC)CCCC[C@H](NC(=O)C=Cc1cc(Cl)ccc1-n1cnnn1)c1nc-2c(C2CC2)[nH]1. The molecule has 2 amide bonds. The molecule has 4 aromatic rings. The summed E-state index contributed by atoms with van der Waals surface area (Å²) in [6.45, 7) is 0. The Hall–Kier alpha value is -5.24. The average molecular weight is 660 g/mol. The maximum absolute atomic E-state index is 13.4. The zero-order chi connectivity index (χ0) is 32.9. The fourth-order valence-electron chi connectivity index (χ4n) is 5.64. The van der Waals surface area contributed by atoms with Gasteiger partial charge in [0.1, 0.15) is 18.2 Å². The number of aromatic amines is 1. The minimum atomic E-state index is -0.641. The van der Waals surface area contributed by atoms with Gasteiger partial charge >= 0.3 is 12.1 Å². The molecule has 1 aliphatic heterocycles. The van der Waals surface area contributed by atoms with Crippen LogP contribution < -0.4 is 16.0 Å². The first-order chi connectivity index (χ1) is 22.8. The molecule has 3 heterocycles. The number of benzene rings is 2. The highest BCUT2D eigenvalue weighted by Crippen LogP contribution is 2.46. The third-order valence-electron chi connectivity index (χ3n) is 8.14. The van der Waals surface area contributed by atoms with Crippen LogP contribution in [0.3, 0.4) is 0 Å². The third kappa shape index (κ3) is 7.43. The van der Waals surface area contributed by atoms with Crippen molar-refractivity contribution in [3.63, 3.8) is 0 Å². The van der Waals surface area contributed by atoms with Gasteiger partial charge in [0.15, 0.2) is 0 Å². The number of nitrogens with one attached hydrogen (secondary N) is 4. The lowest BCUT2D eigenvalue weighted by atomic mass is 10.0. The highest BCUT2D eigenvalue weighted by molar-refractivity contribution is 6.30. The van der Waals surface area contributed by atoms with Crippen LogP contribution in [0.25, 0.3) is 23.0 Å².